The first-order valence-electron chi connectivity index (χ1n) is 14.9. The Balaban J connectivity index is 1.40. The molecule has 4 heteroatoms. The van der Waals surface area contributed by atoms with Crippen LogP contribution in [0, 0.1) is 45.3 Å². The molecule has 0 aromatic carbocycles. The standard InChI is InChI=1S/C32H52O4/c1-20(33)36-26-15-16-30(6)23-14-18-31(7)22(21-9-12-27(35-19-21)29(4,5)34)13-17-32(31,8)24(23)10-11-25(30)28(26,2)3/h14,21-22,24-27,34H,9-13,15-19H2,1-8H3/t21-,22-,24?,25+,26-,27+,30+,31+,32+/m0/s1. The highest BCUT2D eigenvalue weighted by Crippen LogP contribution is 2.73. The highest BCUT2D eigenvalue weighted by molar-refractivity contribution is 5.66. The van der Waals surface area contributed by atoms with Crippen molar-refractivity contribution < 1.29 is 19.4 Å². The number of ether oxygens (including phenoxy) is 2. The van der Waals surface area contributed by atoms with Crippen molar-refractivity contribution in [1.29, 1.82) is 0 Å². The maximum atomic E-state index is 11.8. The number of esters is 1. The summed E-state index contributed by atoms with van der Waals surface area (Å²) in [6, 6.07) is 0. The molecule has 1 saturated heterocycles. The summed E-state index contributed by atoms with van der Waals surface area (Å²) in [4.78, 5) is 11.8. The van der Waals surface area contributed by atoms with Crippen LogP contribution in [-0.2, 0) is 14.3 Å². The summed E-state index contributed by atoms with van der Waals surface area (Å²) in [5.41, 5.74) is 1.85. The second-order valence-electron chi connectivity index (χ2n) is 15.2. The van der Waals surface area contributed by atoms with Crippen molar-refractivity contribution in [2.45, 2.75) is 131 Å². The molecule has 9 atom stereocenters. The summed E-state index contributed by atoms with van der Waals surface area (Å²) >= 11 is 0. The molecule has 4 nitrogen and oxygen atoms in total. The molecule has 0 amide bonds. The third kappa shape index (κ3) is 3.78. The molecule has 3 saturated carbocycles. The Kier molecular flexibility index (Phi) is 6.36. The average Bonchev–Trinajstić information content (AvgIpc) is 3.06. The van der Waals surface area contributed by atoms with E-state index in [9.17, 15) is 9.90 Å². The number of hydrogen-bond acceptors (Lipinski definition) is 4. The molecule has 0 bridgehead atoms. The van der Waals surface area contributed by atoms with Crippen LogP contribution in [0.1, 0.15) is 113 Å². The quantitative estimate of drug-likeness (QED) is 0.332. The van der Waals surface area contributed by atoms with Gasteiger partial charge in [0.05, 0.1) is 18.3 Å². The third-order valence-corrected chi connectivity index (χ3v) is 12.8. The summed E-state index contributed by atoms with van der Waals surface area (Å²) in [5.74, 6) is 2.39. The molecule has 5 aliphatic rings. The first kappa shape index (κ1) is 26.7. The summed E-state index contributed by atoms with van der Waals surface area (Å²) in [6.07, 6.45) is 13.3. The van der Waals surface area contributed by atoms with Gasteiger partial charge < -0.3 is 14.6 Å². The van der Waals surface area contributed by atoms with E-state index in [1.54, 1.807) is 12.5 Å². The molecule has 1 N–H and O–H groups in total. The van der Waals surface area contributed by atoms with E-state index in [0.717, 1.165) is 25.9 Å². The van der Waals surface area contributed by atoms with E-state index < -0.39 is 5.60 Å². The second kappa shape index (κ2) is 8.57. The van der Waals surface area contributed by atoms with Crippen molar-refractivity contribution in [1.82, 2.24) is 0 Å². The molecule has 1 heterocycles. The van der Waals surface area contributed by atoms with E-state index in [2.05, 4.69) is 40.7 Å². The molecule has 36 heavy (non-hydrogen) atoms. The third-order valence-electron chi connectivity index (χ3n) is 12.8. The molecule has 0 spiro atoms. The minimum Gasteiger partial charge on any atom is -0.462 e. The molecular formula is C32H52O4. The van der Waals surface area contributed by atoms with E-state index >= 15 is 0 Å². The molecule has 1 aliphatic heterocycles. The fourth-order valence-corrected chi connectivity index (χ4v) is 10.6. The van der Waals surface area contributed by atoms with Crippen LogP contribution in [0.15, 0.2) is 11.6 Å². The van der Waals surface area contributed by atoms with Crippen LogP contribution in [0.25, 0.3) is 0 Å². The van der Waals surface area contributed by atoms with Crippen LogP contribution in [0.3, 0.4) is 0 Å². The normalized spacial score (nSPS) is 48.3. The summed E-state index contributed by atoms with van der Waals surface area (Å²) in [6.45, 7) is 18.6. The lowest BCUT2D eigenvalue weighted by Crippen LogP contribution is -2.58. The lowest BCUT2D eigenvalue weighted by molar-refractivity contribution is -0.171. The number of carbonyl (C=O) groups is 1. The van der Waals surface area contributed by atoms with Crippen molar-refractivity contribution >= 4 is 5.97 Å². The first-order valence-corrected chi connectivity index (χ1v) is 14.9. The molecular weight excluding hydrogens is 448 g/mol. The number of rotatable bonds is 3. The lowest BCUT2D eigenvalue weighted by atomic mass is 9.41. The van der Waals surface area contributed by atoms with Crippen molar-refractivity contribution in [3.63, 3.8) is 0 Å². The fraction of sp³-hybridized carbons (Fsp3) is 0.906. The van der Waals surface area contributed by atoms with Crippen LogP contribution in [0.2, 0.25) is 0 Å². The Morgan fingerprint density at radius 3 is 2.33 bits per heavy atom. The predicted octanol–water partition coefficient (Wildman–Crippen LogP) is 7.09. The van der Waals surface area contributed by atoms with Gasteiger partial charge in [-0.3, -0.25) is 4.79 Å². The van der Waals surface area contributed by atoms with Crippen LogP contribution >= 0.6 is 0 Å². The highest BCUT2D eigenvalue weighted by atomic mass is 16.5. The number of carbonyl (C=O) groups excluding carboxylic acids is 1. The first-order chi connectivity index (χ1) is 16.6. The highest BCUT2D eigenvalue weighted by Gasteiger charge is 2.66. The van der Waals surface area contributed by atoms with Gasteiger partial charge in [-0.05, 0) is 112 Å². The van der Waals surface area contributed by atoms with E-state index in [0.29, 0.717) is 34.5 Å². The molecule has 0 aromatic rings. The Morgan fingerprint density at radius 2 is 1.72 bits per heavy atom. The van der Waals surface area contributed by atoms with Gasteiger partial charge in [-0.2, -0.15) is 0 Å². The van der Waals surface area contributed by atoms with E-state index in [-0.39, 0.29) is 29.0 Å². The minimum atomic E-state index is -0.752. The van der Waals surface area contributed by atoms with E-state index in [1.807, 2.05) is 13.8 Å². The monoisotopic (exact) mass is 500 g/mol. The zero-order chi connectivity index (χ0) is 26.3. The fourth-order valence-electron chi connectivity index (χ4n) is 10.6. The van der Waals surface area contributed by atoms with Gasteiger partial charge in [-0.25, -0.2) is 0 Å². The number of allylic oxidation sites excluding steroid dienone is 2. The van der Waals surface area contributed by atoms with Gasteiger partial charge in [-0.15, -0.1) is 0 Å². The van der Waals surface area contributed by atoms with Gasteiger partial charge in [0.15, 0.2) is 0 Å². The van der Waals surface area contributed by atoms with Crippen LogP contribution in [0.5, 0.6) is 0 Å². The summed E-state index contributed by atoms with van der Waals surface area (Å²) in [5, 5.41) is 10.5. The molecule has 0 aromatic heterocycles. The van der Waals surface area contributed by atoms with Crippen LogP contribution in [-0.4, -0.2) is 35.5 Å². The molecule has 5 rings (SSSR count). The maximum absolute atomic E-state index is 11.8. The van der Waals surface area contributed by atoms with Gasteiger partial charge in [-0.1, -0.05) is 46.3 Å². The van der Waals surface area contributed by atoms with Crippen molar-refractivity contribution in [2.75, 3.05) is 6.61 Å². The van der Waals surface area contributed by atoms with Gasteiger partial charge in [0.1, 0.15) is 6.10 Å². The lowest BCUT2D eigenvalue weighted by Gasteiger charge is -2.64. The number of aliphatic hydroxyl groups is 1. The molecule has 4 fully saturated rings. The van der Waals surface area contributed by atoms with E-state index in [1.165, 1.54) is 38.5 Å². The van der Waals surface area contributed by atoms with E-state index in [4.69, 9.17) is 9.47 Å². The second-order valence-corrected chi connectivity index (χ2v) is 15.2. The number of fused-ring (bicyclic) bond motifs is 5. The Labute approximate surface area is 220 Å². The SMILES string of the molecule is CC(=O)O[C@H]1CC[C@]2(C)C3=CC[C@]4(C)[C@H]([C@H]5CC[C@H](C(C)(C)O)OC5)CC[C@]4(C)C3CC[C@@H]2C1(C)C. The summed E-state index contributed by atoms with van der Waals surface area (Å²) in [7, 11) is 0. The maximum Gasteiger partial charge on any atom is 0.302 e. The van der Waals surface area contributed by atoms with Gasteiger partial charge >= 0.3 is 5.97 Å². The van der Waals surface area contributed by atoms with Crippen LogP contribution in [0.4, 0.5) is 0 Å². The summed E-state index contributed by atoms with van der Waals surface area (Å²) < 4.78 is 12.1. The van der Waals surface area contributed by atoms with Gasteiger partial charge in [0.2, 0.25) is 0 Å². The minimum absolute atomic E-state index is 0.000800. The zero-order valence-electron chi connectivity index (χ0n) is 24.3. The average molecular weight is 501 g/mol. The van der Waals surface area contributed by atoms with Gasteiger partial charge in [0, 0.05) is 12.3 Å². The predicted molar refractivity (Wildman–Crippen MR) is 143 cm³/mol. The molecule has 1 unspecified atom stereocenters. The topological polar surface area (TPSA) is 55.8 Å². The van der Waals surface area contributed by atoms with Crippen molar-refractivity contribution in [2.24, 2.45) is 45.3 Å². The smallest absolute Gasteiger partial charge is 0.302 e. The Bertz CT molecular complexity index is 906. The zero-order valence-corrected chi connectivity index (χ0v) is 24.3. The number of hydrogen-bond donors (Lipinski definition) is 1. The Morgan fingerprint density at radius 1 is 1.00 bits per heavy atom. The van der Waals surface area contributed by atoms with Crippen molar-refractivity contribution in [3.05, 3.63) is 11.6 Å². The molecule has 204 valence electrons. The van der Waals surface area contributed by atoms with Gasteiger partial charge in [0.25, 0.3) is 0 Å². The van der Waals surface area contributed by atoms with Crippen LogP contribution < -0.4 is 0 Å². The Hall–Kier alpha value is -0.870. The largest absolute Gasteiger partial charge is 0.462 e. The van der Waals surface area contributed by atoms with Crippen molar-refractivity contribution in [3.8, 4) is 0 Å². The molecule has 4 aliphatic carbocycles. The molecule has 0 radical (unpaired) electrons.